The first kappa shape index (κ1) is 14.4. The quantitative estimate of drug-likeness (QED) is 0.798. The maximum atomic E-state index is 11.6. The van der Waals surface area contributed by atoms with E-state index in [0.29, 0.717) is 5.69 Å². The third-order valence-electron chi connectivity index (χ3n) is 2.18. The van der Waals surface area contributed by atoms with Crippen LogP contribution >= 0.6 is 11.8 Å². The van der Waals surface area contributed by atoms with Gasteiger partial charge in [0.2, 0.25) is 5.91 Å². The van der Waals surface area contributed by atoms with Crippen LogP contribution in [0.15, 0.2) is 30.3 Å². The van der Waals surface area contributed by atoms with Gasteiger partial charge >= 0.3 is 0 Å². The van der Waals surface area contributed by atoms with E-state index in [1.54, 1.807) is 12.1 Å². The van der Waals surface area contributed by atoms with Crippen LogP contribution < -0.4 is 5.32 Å². The average Bonchev–Trinajstić information content (AvgIpc) is 2.29. The summed E-state index contributed by atoms with van der Waals surface area (Å²) < 4.78 is 0. The Morgan fingerprint density at radius 3 is 2.17 bits per heavy atom. The molecule has 0 unspecified atom stereocenters. The molecule has 0 saturated heterocycles. The summed E-state index contributed by atoms with van der Waals surface area (Å²) >= 11 is 1.05. The average molecular weight is 265 g/mol. The molecule has 0 aliphatic rings. The first-order chi connectivity index (χ1) is 8.50. The number of rotatable bonds is 6. The molecule has 0 aliphatic heterocycles. The standard InChI is InChI=1S/C13H15NO3S/c1-9(15)13(10(2)16)18-8-12(17)14-11-6-4-3-5-7-11/h3-7,13H,8H2,1-2H3,(H,14,17). The van der Waals surface area contributed by atoms with Crippen molar-refractivity contribution in [3.63, 3.8) is 0 Å². The van der Waals surface area contributed by atoms with Crippen LogP contribution in [-0.2, 0) is 14.4 Å². The lowest BCUT2D eigenvalue weighted by atomic mass is 10.2. The number of thioether (sulfide) groups is 1. The van der Waals surface area contributed by atoms with Crippen LogP contribution in [-0.4, -0.2) is 28.5 Å². The molecule has 0 fully saturated rings. The SMILES string of the molecule is CC(=O)C(SCC(=O)Nc1ccccc1)C(C)=O. The number of amides is 1. The summed E-state index contributed by atoms with van der Waals surface area (Å²) in [6.07, 6.45) is 0. The molecule has 0 aliphatic carbocycles. The zero-order chi connectivity index (χ0) is 13.5. The lowest BCUT2D eigenvalue weighted by molar-refractivity contribution is -0.123. The fourth-order valence-electron chi connectivity index (χ4n) is 1.40. The largest absolute Gasteiger partial charge is 0.325 e. The van der Waals surface area contributed by atoms with Gasteiger partial charge in [0.15, 0.2) is 0 Å². The van der Waals surface area contributed by atoms with Gasteiger partial charge in [0.25, 0.3) is 0 Å². The molecular formula is C13H15NO3S. The summed E-state index contributed by atoms with van der Waals surface area (Å²) in [5.74, 6) is -0.586. The van der Waals surface area contributed by atoms with Crippen molar-refractivity contribution >= 4 is 34.9 Å². The second-order valence-corrected chi connectivity index (χ2v) is 4.92. The third-order valence-corrected chi connectivity index (χ3v) is 3.60. The highest BCUT2D eigenvalue weighted by molar-refractivity contribution is 8.02. The van der Waals surface area contributed by atoms with Crippen molar-refractivity contribution < 1.29 is 14.4 Å². The summed E-state index contributed by atoms with van der Waals surface area (Å²) in [6.45, 7) is 2.71. The number of carbonyl (C=O) groups is 3. The normalized spacial score (nSPS) is 10.2. The van der Waals surface area contributed by atoms with Crippen LogP contribution in [0, 0.1) is 0 Å². The topological polar surface area (TPSA) is 63.2 Å². The zero-order valence-electron chi connectivity index (χ0n) is 10.3. The predicted octanol–water partition coefficient (Wildman–Crippen LogP) is 1.90. The number of Topliss-reactive ketones (excluding diaryl/α,β-unsaturated/α-hetero) is 2. The lowest BCUT2D eigenvalue weighted by Gasteiger charge is -2.09. The highest BCUT2D eigenvalue weighted by Gasteiger charge is 2.20. The van der Waals surface area contributed by atoms with Crippen LogP contribution in [0.25, 0.3) is 0 Å². The summed E-state index contributed by atoms with van der Waals surface area (Å²) in [5, 5.41) is 1.95. The van der Waals surface area contributed by atoms with E-state index >= 15 is 0 Å². The first-order valence-electron chi connectivity index (χ1n) is 5.48. The molecule has 0 saturated carbocycles. The molecule has 0 heterocycles. The number of hydrogen-bond acceptors (Lipinski definition) is 4. The first-order valence-corrected chi connectivity index (χ1v) is 6.53. The molecule has 1 amide bonds. The van der Waals surface area contributed by atoms with E-state index in [9.17, 15) is 14.4 Å². The Labute approximate surface area is 110 Å². The number of nitrogens with one attached hydrogen (secondary N) is 1. The van der Waals surface area contributed by atoms with Gasteiger partial charge in [0, 0.05) is 5.69 Å². The molecule has 1 rings (SSSR count). The van der Waals surface area contributed by atoms with E-state index in [1.165, 1.54) is 13.8 Å². The van der Waals surface area contributed by atoms with E-state index in [-0.39, 0.29) is 23.2 Å². The van der Waals surface area contributed by atoms with Gasteiger partial charge in [0.1, 0.15) is 16.8 Å². The van der Waals surface area contributed by atoms with Gasteiger partial charge in [0.05, 0.1) is 5.75 Å². The molecule has 5 heteroatoms. The van der Waals surface area contributed by atoms with Gasteiger partial charge in [-0.25, -0.2) is 0 Å². The molecule has 96 valence electrons. The zero-order valence-corrected chi connectivity index (χ0v) is 11.1. The number of para-hydroxylation sites is 1. The highest BCUT2D eigenvalue weighted by Crippen LogP contribution is 2.14. The summed E-state index contributed by atoms with van der Waals surface area (Å²) in [5.41, 5.74) is 0.699. The van der Waals surface area contributed by atoms with E-state index in [2.05, 4.69) is 5.32 Å². The van der Waals surface area contributed by atoms with Crippen molar-refractivity contribution in [1.29, 1.82) is 0 Å². The summed E-state index contributed by atoms with van der Waals surface area (Å²) in [6, 6.07) is 9.03. The van der Waals surface area contributed by atoms with Crippen molar-refractivity contribution in [2.45, 2.75) is 19.1 Å². The van der Waals surface area contributed by atoms with Crippen LogP contribution in [0.4, 0.5) is 5.69 Å². The van der Waals surface area contributed by atoms with Crippen LogP contribution in [0.5, 0.6) is 0 Å². The smallest absolute Gasteiger partial charge is 0.234 e. The number of carbonyl (C=O) groups excluding carboxylic acids is 3. The molecule has 0 spiro atoms. The van der Waals surface area contributed by atoms with Gasteiger partial charge in [-0.05, 0) is 26.0 Å². The van der Waals surface area contributed by atoms with E-state index in [0.717, 1.165) is 11.8 Å². The Balaban J connectivity index is 2.46. The minimum atomic E-state index is -0.744. The molecule has 0 aromatic heterocycles. The van der Waals surface area contributed by atoms with Gasteiger partial charge in [-0.1, -0.05) is 18.2 Å². The molecule has 0 radical (unpaired) electrons. The number of anilines is 1. The highest BCUT2D eigenvalue weighted by atomic mass is 32.2. The van der Waals surface area contributed by atoms with Crippen molar-refractivity contribution in [3.05, 3.63) is 30.3 Å². The molecular weight excluding hydrogens is 250 g/mol. The fraction of sp³-hybridized carbons (Fsp3) is 0.308. The molecule has 4 nitrogen and oxygen atoms in total. The summed E-state index contributed by atoms with van der Waals surface area (Å²) in [7, 11) is 0. The number of ketones is 2. The van der Waals surface area contributed by atoms with Crippen LogP contribution in [0.2, 0.25) is 0 Å². The van der Waals surface area contributed by atoms with E-state index in [4.69, 9.17) is 0 Å². The van der Waals surface area contributed by atoms with Crippen molar-refractivity contribution in [1.82, 2.24) is 0 Å². The molecule has 0 atom stereocenters. The number of hydrogen-bond donors (Lipinski definition) is 1. The summed E-state index contributed by atoms with van der Waals surface area (Å²) in [4.78, 5) is 34.0. The minimum absolute atomic E-state index is 0.0821. The second kappa shape index (κ2) is 6.96. The van der Waals surface area contributed by atoms with Gasteiger partial charge < -0.3 is 5.32 Å². The fourth-order valence-corrected chi connectivity index (χ4v) is 2.26. The van der Waals surface area contributed by atoms with Gasteiger partial charge in [-0.2, -0.15) is 0 Å². The van der Waals surface area contributed by atoms with E-state index in [1.807, 2.05) is 18.2 Å². The lowest BCUT2D eigenvalue weighted by Crippen LogP contribution is -2.25. The Morgan fingerprint density at radius 1 is 1.11 bits per heavy atom. The van der Waals surface area contributed by atoms with Crippen molar-refractivity contribution in [2.24, 2.45) is 0 Å². The van der Waals surface area contributed by atoms with Crippen LogP contribution in [0.1, 0.15) is 13.8 Å². The van der Waals surface area contributed by atoms with Gasteiger partial charge in [-0.3, -0.25) is 14.4 Å². The Kier molecular flexibility index (Phi) is 5.58. The second-order valence-electron chi connectivity index (χ2n) is 3.83. The maximum absolute atomic E-state index is 11.6. The van der Waals surface area contributed by atoms with Gasteiger partial charge in [-0.15, -0.1) is 11.8 Å². The third kappa shape index (κ3) is 4.71. The van der Waals surface area contributed by atoms with Crippen molar-refractivity contribution in [3.8, 4) is 0 Å². The number of benzene rings is 1. The maximum Gasteiger partial charge on any atom is 0.234 e. The Morgan fingerprint density at radius 2 is 1.67 bits per heavy atom. The predicted molar refractivity (Wildman–Crippen MR) is 72.7 cm³/mol. The Hall–Kier alpha value is -1.62. The van der Waals surface area contributed by atoms with Crippen LogP contribution in [0.3, 0.4) is 0 Å². The molecule has 1 N–H and O–H groups in total. The van der Waals surface area contributed by atoms with Crippen molar-refractivity contribution in [2.75, 3.05) is 11.1 Å². The minimum Gasteiger partial charge on any atom is -0.325 e. The molecule has 1 aromatic rings. The Bertz CT molecular complexity index is 431. The van der Waals surface area contributed by atoms with E-state index < -0.39 is 5.25 Å². The molecule has 18 heavy (non-hydrogen) atoms. The molecule has 0 bridgehead atoms. The molecule has 1 aromatic carbocycles. The monoisotopic (exact) mass is 265 g/mol.